The first-order chi connectivity index (χ1) is 12.7. The van der Waals surface area contributed by atoms with Gasteiger partial charge in [0.2, 0.25) is 5.91 Å². The second-order valence-electron chi connectivity index (χ2n) is 5.63. The lowest BCUT2D eigenvalue weighted by Gasteiger charge is -2.12. The topological polar surface area (TPSA) is 69.0 Å². The van der Waals surface area contributed by atoms with E-state index in [0.29, 0.717) is 6.54 Å². The average molecular weight is 368 g/mol. The van der Waals surface area contributed by atoms with E-state index in [4.69, 9.17) is 4.74 Å². The van der Waals surface area contributed by atoms with E-state index < -0.39 is 0 Å². The number of hydrogen-bond acceptors (Lipinski definition) is 5. The zero-order valence-corrected chi connectivity index (χ0v) is 15.4. The summed E-state index contributed by atoms with van der Waals surface area (Å²) in [5.41, 5.74) is 0.941. The Morgan fingerprint density at radius 1 is 1.27 bits per heavy atom. The minimum atomic E-state index is -0.195. The van der Waals surface area contributed by atoms with Gasteiger partial charge < -0.3 is 10.1 Å². The van der Waals surface area contributed by atoms with E-state index in [2.05, 4.69) is 15.4 Å². The van der Waals surface area contributed by atoms with Crippen LogP contribution in [0.5, 0.6) is 5.75 Å². The van der Waals surface area contributed by atoms with Crippen molar-refractivity contribution in [3.63, 3.8) is 0 Å². The molecule has 0 saturated heterocycles. The Hall–Kier alpha value is -2.80. The highest BCUT2D eigenvalue weighted by Crippen LogP contribution is 2.25. The molecule has 0 fully saturated rings. The number of thioether (sulfide) groups is 1. The number of rotatable bonds is 7. The van der Waals surface area contributed by atoms with Gasteiger partial charge in [-0.25, -0.2) is 9.67 Å². The SMILES string of the molecule is COc1ccc(S[C@H](C)C(=O)NCc2ccc(-n3cccn3)nc2)cc1. The van der Waals surface area contributed by atoms with E-state index in [1.807, 2.05) is 55.6 Å². The number of ether oxygens (including phenoxy) is 1. The number of carbonyl (C=O) groups excluding carboxylic acids is 1. The van der Waals surface area contributed by atoms with Crippen molar-refractivity contribution < 1.29 is 9.53 Å². The molecule has 2 heterocycles. The van der Waals surface area contributed by atoms with E-state index >= 15 is 0 Å². The lowest BCUT2D eigenvalue weighted by atomic mass is 10.2. The summed E-state index contributed by atoms with van der Waals surface area (Å²) in [5.74, 6) is 1.54. The summed E-state index contributed by atoms with van der Waals surface area (Å²) in [5, 5.41) is 6.89. The van der Waals surface area contributed by atoms with Gasteiger partial charge in [0.25, 0.3) is 0 Å². The van der Waals surface area contributed by atoms with Crippen LogP contribution >= 0.6 is 11.8 Å². The Morgan fingerprint density at radius 3 is 2.69 bits per heavy atom. The van der Waals surface area contributed by atoms with E-state index in [0.717, 1.165) is 22.0 Å². The monoisotopic (exact) mass is 368 g/mol. The van der Waals surface area contributed by atoms with Gasteiger partial charge in [0.05, 0.1) is 12.4 Å². The minimum Gasteiger partial charge on any atom is -0.497 e. The van der Waals surface area contributed by atoms with Crippen molar-refractivity contribution in [3.8, 4) is 11.6 Å². The molecular formula is C19H20N4O2S. The molecule has 1 aromatic carbocycles. The summed E-state index contributed by atoms with van der Waals surface area (Å²) in [6.07, 6.45) is 5.29. The lowest BCUT2D eigenvalue weighted by molar-refractivity contribution is -0.120. The molecule has 3 aromatic rings. The molecule has 0 aliphatic rings. The summed E-state index contributed by atoms with van der Waals surface area (Å²) in [4.78, 5) is 17.7. The van der Waals surface area contributed by atoms with E-state index in [1.54, 1.807) is 24.2 Å². The van der Waals surface area contributed by atoms with Gasteiger partial charge in [-0.2, -0.15) is 5.10 Å². The van der Waals surface area contributed by atoms with Crippen molar-refractivity contribution in [1.29, 1.82) is 0 Å². The van der Waals surface area contributed by atoms with Crippen molar-refractivity contribution >= 4 is 17.7 Å². The number of amides is 1. The van der Waals surface area contributed by atoms with Gasteiger partial charge in [-0.05, 0) is 48.9 Å². The largest absolute Gasteiger partial charge is 0.497 e. The van der Waals surface area contributed by atoms with E-state index in [-0.39, 0.29) is 11.2 Å². The Balaban J connectivity index is 1.51. The van der Waals surface area contributed by atoms with Gasteiger partial charge in [0, 0.05) is 30.0 Å². The highest BCUT2D eigenvalue weighted by atomic mass is 32.2. The summed E-state index contributed by atoms with van der Waals surface area (Å²) in [7, 11) is 1.63. The molecule has 0 bridgehead atoms. The van der Waals surface area contributed by atoms with Gasteiger partial charge in [0.1, 0.15) is 5.75 Å². The van der Waals surface area contributed by atoms with Crippen LogP contribution in [0.4, 0.5) is 0 Å². The molecule has 1 N–H and O–H groups in total. The lowest BCUT2D eigenvalue weighted by Crippen LogP contribution is -2.30. The van der Waals surface area contributed by atoms with Gasteiger partial charge in [-0.1, -0.05) is 6.07 Å². The third kappa shape index (κ3) is 4.64. The van der Waals surface area contributed by atoms with Crippen molar-refractivity contribution in [3.05, 3.63) is 66.6 Å². The first-order valence-electron chi connectivity index (χ1n) is 8.19. The first kappa shape index (κ1) is 18.0. The molecule has 0 spiro atoms. The fraction of sp³-hybridized carbons (Fsp3) is 0.211. The van der Waals surface area contributed by atoms with Crippen molar-refractivity contribution in [2.24, 2.45) is 0 Å². The van der Waals surface area contributed by atoms with Gasteiger partial charge >= 0.3 is 0 Å². The molecule has 1 atom stereocenters. The maximum absolute atomic E-state index is 12.3. The van der Waals surface area contributed by atoms with Gasteiger partial charge in [0.15, 0.2) is 5.82 Å². The van der Waals surface area contributed by atoms with Crippen LogP contribution in [0.2, 0.25) is 0 Å². The predicted octanol–water partition coefficient (Wildman–Crippen LogP) is 3.07. The molecule has 0 radical (unpaired) electrons. The summed E-state index contributed by atoms with van der Waals surface area (Å²) < 4.78 is 6.83. The van der Waals surface area contributed by atoms with Crippen molar-refractivity contribution in [1.82, 2.24) is 20.1 Å². The summed E-state index contributed by atoms with van der Waals surface area (Å²) in [6.45, 7) is 2.34. The standard InChI is InChI=1S/C19H20N4O2S/c1-14(26-17-7-5-16(25-2)6-8-17)19(24)21-13-15-4-9-18(20-12-15)23-11-3-10-22-23/h3-12,14H,13H2,1-2H3,(H,21,24)/t14-/m1/s1. The quantitative estimate of drug-likeness (QED) is 0.649. The fourth-order valence-corrected chi connectivity index (χ4v) is 3.20. The van der Waals surface area contributed by atoms with E-state index in [1.165, 1.54) is 11.8 Å². The predicted molar refractivity (Wildman–Crippen MR) is 102 cm³/mol. The second kappa shape index (κ2) is 8.53. The highest BCUT2D eigenvalue weighted by Gasteiger charge is 2.14. The van der Waals surface area contributed by atoms with Crippen LogP contribution in [-0.4, -0.2) is 33.0 Å². The summed E-state index contributed by atoms with van der Waals surface area (Å²) in [6, 6.07) is 13.3. The average Bonchev–Trinajstić information content (AvgIpc) is 3.22. The Labute approximate surface area is 156 Å². The van der Waals surface area contributed by atoms with Crippen LogP contribution in [0, 0.1) is 0 Å². The highest BCUT2D eigenvalue weighted by molar-refractivity contribution is 8.00. The molecule has 0 saturated carbocycles. The number of hydrogen-bond donors (Lipinski definition) is 1. The summed E-state index contributed by atoms with van der Waals surface area (Å²) >= 11 is 1.51. The Bertz CT molecular complexity index is 833. The maximum Gasteiger partial charge on any atom is 0.233 e. The number of pyridine rings is 1. The van der Waals surface area contributed by atoms with Crippen LogP contribution in [0.3, 0.4) is 0 Å². The Morgan fingerprint density at radius 2 is 2.08 bits per heavy atom. The number of nitrogens with one attached hydrogen (secondary N) is 1. The van der Waals surface area contributed by atoms with Crippen LogP contribution in [0.1, 0.15) is 12.5 Å². The number of benzene rings is 1. The van der Waals surface area contributed by atoms with Crippen LogP contribution in [0.25, 0.3) is 5.82 Å². The molecule has 7 heteroatoms. The number of nitrogens with zero attached hydrogens (tertiary/aromatic N) is 3. The molecule has 3 rings (SSSR count). The van der Waals surface area contributed by atoms with E-state index in [9.17, 15) is 4.79 Å². The van der Waals surface area contributed by atoms with Gasteiger partial charge in [-0.3, -0.25) is 4.79 Å². The Kier molecular flexibility index (Phi) is 5.91. The minimum absolute atomic E-state index is 0.0121. The maximum atomic E-state index is 12.3. The van der Waals surface area contributed by atoms with Crippen LogP contribution in [0.15, 0.2) is 66.0 Å². The third-order valence-corrected chi connectivity index (χ3v) is 4.87. The molecule has 134 valence electrons. The second-order valence-corrected chi connectivity index (χ2v) is 7.04. The van der Waals surface area contributed by atoms with Crippen molar-refractivity contribution in [2.45, 2.75) is 23.6 Å². The molecule has 2 aromatic heterocycles. The molecule has 6 nitrogen and oxygen atoms in total. The molecule has 0 aliphatic carbocycles. The van der Waals surface area contributed by atoms with Crippen molar-refractivity contribution in [2.75, 3.05) is 7.11 Å². The zero-order valence-electron chi connectivity index (χ0n) is 14.6. The fourth-order valence-electron chi connectivity index (χ4n) is 2.31. The number of methoxy groups -OCH3 is 1. The molecule has 0 unspecified atom stereocenters. The molecule has 1 amide bonds. The third-order valence-electron chi connectivity index (χ3n) is 3.76. The normalized spacial score (nSPS) is 11.8. The first-order valence-corrected chi connectivity index (χ1v) is 9.07. The van der Waals surface area contributed by atoms with Crippen LogP contribution < -0.4 is 10.1 Å². The molecular weight excluding hydrogens is 348 g/mol. The zero-order chi connectivity index (χ0) is 18.4. The number of aromatic nitrogens is 3. The molecule has 0 aliphatic heterocycles. The smallest absolute Gasteiger partial charge is 0.233 e. The number of carbonyl (C=O) groups is 1. The van der Waals surface area contributed by atoms with Crippen LogP contribution in [-0.2, 0) is 11.3 Å². The molecule has 26 heavy (non-hydrogen) atoms. The van der Waals surface area contributed by atoms with Gasteiger partial charge in [-0.15, -0.1) is 11.8 Å².